The van der Waals surface area contributed by atoms with E-state index in [1.807, 2.05) is 12.1 Å². The van der Waals surface area contributed by atoms with Crippen molar-refractivity contribution in [1.82, 2.24) is 15.5 Å². The van der Waals surface area contributed by atoms with E-state index in [0.717, 1.165) is 62.1 Å². The Hall–Kier alpha value is -1.82. The number of piperidine rings is 1. The number of anilines is 1. The molecular weight excluding hydrogens is 400 g/mol. The van der Waals surface area contributed by atoms with Crippen molar-refractivity contribution < 1.29 is 0 Å². The van der Waals surface area contributed by atoms with Crippen LogP contribution in [-0.2, 0) is 6.54 Å². The highest BCUT2D eigenvalue weighted by atomic mass is 35.5. The van der Waals surface area contributed by atoms with Gasteiger partial charge in [0.15, 0.2) is 5.11 Å². The maximum absolute atomic E-state index is 6.00. The fourth-order valence-electron chi connectivity index (χ4n) is 4.25. The van der Waals surface area contributed by atoms with Crippen LogP contribution in [0.4, 0.5) is 5.69 Å². The van der Waals surface area contributed by atoms with Crippen molar-refractivity contribution in [1.29, 1.82) is 0 Å². The van der Waals surface area contributed by atoms with Crippen LogP contribution in [0.2, 0.25) is 5.02 Å². The quantitative estimate of drug-likeness (QED) is 0.701. The molecule has 4 rings (SSSR count). The summed E-state index contributed by atoms with van der Waals surface area (Å²) in [5.41, 5.74) is 2.62. The van der Waals surface area contributed by atoms with E-state index < -0.39 is 0 Å². The maximum Gasteiger partial charge on any atom is 0.166 e. The number of halogens is 1. The molecule has 2 heterocycles. The smallest absolute Gasteiger partial charge is 0.166 e. The first kappa shape index (κ1) is 20.5. The second-order valence-corrected chi connectivity index (χ2v) is 8.91. The van der Waals surface area contributed by atoms with Gasteiger partial charge in [-0.05, 0) is 61.3 Å². The number of nitrogens with zero attached hydrogens (tertiary/aromatic N) is 2. The number of hydrogen-bond donors (Lipinski definition) is 2. The molecule has 2 aromatic carbocycles. The van der Waals surface area contributed by atoms with Crippen LogP contribution in [0.25, 0.3) is 0 Å². The van der Waals surface area contributed by atoms with Crippen LogP contribution < -0.4 is 15.5 Å². The van der Waals surface area contributed by atoms with Crippen LogP contribution in [-0.4, -0.2) is 48.3 Å². The molecule has 0 unspecified atom stereocenters. The van der Waals surface area contributed by atoms with E-state index in [1.54, 1.807) is 0 Å². The Bertz CT molecular complexity index is 790. The van der Waals surface area contributed by atoms with Crippen LogP contribution in [0.3, 0.4) is 0 Å². The molecule has 0 aliphatic carbocycles. The van der Waals surface area contributed by atoms with Crippen molar-refractivity contribution in [2.45, 2.75) is 37.9 Å². The Morgan fingerprint density at radius 3 is 2.28 bits per heavy atom. The summed E-state index contributed by atoms with van der Waals surface area (Å²) in [5.74, 6) is 0. The van der Waals surface area contributed by atoms with Gasteiger partial charge in [-0.1, -0.05) is 41.9 Å². The molecule has 0 aromatic heterocycles. The fraction of sp³-hybridized carbons (Fsp3) is 0.435. The van der Waals surface area contributed by atoms with Gasteiger partial charge in [-0.25, -0.2) is 0 Å². The average molecular weight is 429 g/mol. The molecule has 0 radical (unpaired) electrons. The third kappa shape index (κ3) is 5.84. The minimum atomic E-state index is 0.392. The topological polar surface area (TPSA) is 30.5 Å². The van der Waals surface area contributed by atoms with Gasteiger partial charge < -0.3 is 15.5 Å². The van der Waals surface area contributed by atoms with E-state index in [0.29, 0.717) is 12.1 Å². The fourth-order valence-corrected chi connectivity index (χ4v) is 4.71. The lowest BCUT2D eigenvalue weighted by Gasteiger charge is -2.33. The number of likely N-dealkylation sites (tertiary alicyclic amines) is 1. The molecule has 29 heavy (non-hydrogen) atoms. The summed E-state index contributed by atoms with van der Waals surface area (Å²) in [6, 6.07) is 19.7. The lowest BCUT2D eigenvalue weighted by molar-refractivity contribution is 0.198. The number of thiocarbonyl (C=S) groups is 1. The Morgan fingerprint density at radius 2 is 1.55 bits per heavy atom. The molecule has 0 saturated carbocycles. The van der Waals surface area contributed by atoms with Gasteiger partial charge in [0.2, 0.25) is 0 Å². The summed E-state index contributed by atoms with van der Waals surface area (Å²) in [6.07, 6.45) is 3.37. The number of benzene rings is 2. The van der Waals surface area contributed by atoms with E-state index in [1.165, 1.54) is 11.3 Å². The third-order valence-electron chi connectivity index (χ3n) is 5.89. The van der Waals surface area contributed by atoms with Gasteiger partial charge in [-0.15, -0.1) is 0 Å². The first-order valence-corrected chi connectivity index (χ1v) is 11.3. The molecule has 154 valence electrons. The molecular formula is C23H29ClN4S. The van der Waals surface area contributed by atoms with Crippen LogP contribution in [0.5, 0.6) is 0 Å². The van der Waals surface area contributed by atoms with Crippen molar-refractivity contribution in [3.63, 3.8) is 0 Å². The van der Waals surface area contributed by atoms with Gasteiger partial charge in [0.25, 0.3) is 0 Å². The normalized spacial score (nSPS) is 20.6. The minimum Gasteiger partial charge on any atom is -0.369 e. The summed E-state index contributed by atoms with van der Waals surface area (Å²) in [6.45, 7) is 5.28. The SMILES string of the molecule is S=C(NC1CCN(Cc2ccccc2)CC1)N[C@@H]1CCN(c2ccc(Cl)cc2)C1. The molecule has 0 spiro atoms. The summed E-state index contributed by atoms with van der Waals surface area (Å²) >= 11 is 11.6. The van der Waals surface area contributed by atoms with E-state index >= 15 is 0 Å². The van der Waals surface area contributed by atoms with E-state index in [4.69, 9.17) is 23.8 Å². The van der Waals surface area contributed by atoms with Crippen LogP contribution in [0.15, 0.2) is 54.6 Å². The lowest BCUT2D eigenvalue weighted by Crippen LogP contribution is -2.50. The first-order chi connectivity index (χ1) is 14.2. The molecule has 6 heteroatoms. The molecule has 0 bridgehead atoms. The molecule has 2 aliphatic rings. The van der Waals surface area contributed by atoms with E-state index in [2.05, 4.69) is 62.9 Å². The monoisotopic (exact) mass is 428 g/mol. The van der Waals surface area contributed by atoms with Crippen LogP contribution >= 0.6 is 23.8 Å². The van der Waals surface area contributed by atoms with E-state index in [9.17, 15) is 0 Å². The van der Waals surface area contributed by atoms with Crippen molar-refractivity contribution in [3.05, 3.63) is 65.2 Å². The van der Waals surface area contributed by atoms with Crippen LogP contribution in [0.1, 0.15) is 24.8 Å². The zero-order valence-electron chi connectivity index (χ0n) is 16.7. The standard InChI is InChI=1S/C23H29ClN4S/c24-19-6-8-22(9-7-19)28-15-12-21(17-28)26-23(29)25-20-10-13-27(14-11-20)16-18-4-2-1-3-5-18/h1-9,20-21H,10-17H2,(H2,25,26,29)/t21-/m1/s1. The zero-order valence-corrected chi connectivity index (χ0v) is 18.3. The molecule has 0 amide bonds. The zero-order chi connectivity index (χ0) is 20.1. The van der Waals surface area contributed by atoms with Gasteiger partial charge in [0.05, 0.1) is 0 Å². The van der Waals surface area contributed by atoms with Crippen LogP contribution in [0, 0.1) is 0 Å². The van der Waals surface area contributed by atoms with Crippen molar-refractivity contribution >= 4 is 34.6 Å². The minimum absolute atomic E-state index is 0.392. The molecule has 4 nitrogen and oxygen atoms in total. The summed E-state index contributed by atoms with van der Waals surface area (Å²) < 4.78 is 0. The number of rotatable bonds is 5. The van der Waals surface area contributed by atoms with Crippen molar-refractivity contribution in [2.24, 2.45) is 0 Å². The molecule has 1 atom stereocenters. The predicted molar refractivity (Wildman–Crippen MR) is 126 cm³/mol. The highest BCUT2D eigenvalue weighted by Gasteiger charge is 2.25. The predicted octanol–water partition coefficient (Wildman–Crippen LogP) is 4.05. The molecule has 2 N–H and O–H groups in total. The number of nitrogens with one attached hydrogen (secondary N) is 2. The first-order valence-electron chi connectivity index (χ1n) is 10.5. The maximum atomic E-state index is 6.00. The highest BCUT2D eigenvalue weighted by molar-refractivity contribution is 7.80. The molecule has 2 aliphatic heterocycles. The Kier molecular flexibility index (Phi) is 6.90. The van der Waals surface area contributed by atoms with Gasteiger partial charge in [-0.3, -0.25) is 4.90 Å². The molecule has 2 saturated heterocycles. The Balaban J connectivity index is 1.17. The van der Waals surface area contributed by atoms with Gasteiger partial charge in [0.1, 0.15) is 0 Å². The third-order valence-corrected chi connectivity index (χ3v) is 6.37. The largest absolute Gasteiger partial charge is 0.369 e. The van der Waals surface area contributed by atoms with Crippen molar-refractivity contribution in [2.75, 3.05) is 31.1 Å². The summed E-state index contributed by atoms with van der Waals surface area (Å²) in [5, 5.41) is 8.66. The second-order valence-electron chi connectivity index (χ2n) is 8.06. The summed E-state index contributed by atoms with van der Waals surface area (Å²) in [7, 11) is 0. The van der Waals surface area contributed by atoms with Gasteiger partial charge in [0, 0.05) is 55.5 Å². The second kappa shape index (κ2) is 9.79. The van der Waals surface area contributed by atoms with Gasteiger partial charge in [-0.2, -0.15) is 0 Å². The van der Waals surface area contributed by atoms with Gasteiger partial charge >= 0.3 is 0 Å². The molecule has 2 fully saturated rings. The van der Waals surface area contributed by atoms with Crippen molar-refractivity contribution in [3.8, 4) is 0 Å². The van der Waals surface area contributed by atoms with E-state index in [-0.39, 0.29) is 0 Å². The Labute approximate surface area is 184 Å². The Morgan fingerprint density at radius 1 is 0.897 bits per heavy atom. The molecule has 2 aromatic rings. The number of hydrogen-bond acceptors (Lipinski definition) is 3. The summed E-state index contributed by atoms with van der Waals surface area (Å²) in [4.78, 5) is 4.92. The lowest BCUT2D eigenvalue weighted by atomic mass is 10.0. The highest BCUT2D eigenvalue weighted by Crippen LogP contribution is 2.22. The average Bonchev–Trinajstić information content (AvgIpc) is 3.19.